The average Bonchev–Trinajstić information content (AvgIpc) is 2.26. The summed E-state index contributed by atoms with van der Waals surface area (Å²) in [5.41, 5.74) is 0.240. The molecule has 1 rings (SSSR count). The predicted octanol–water partition coefficient (Wildman–Crippen LogP) is 3.88. The Hall–Kier alpha value is -1.91. The highest BCUT2D eigenvalue weighted by molar-refractivity contribution is 5.96. The number of carbonyl (C=O) groups excluding carboxylic acids is 1. The van der Waals surface area contributed by atoms with Gasteiger partial charge in [0, 0.05) is 11.5 Å². The summed E-state index contributed by atoms with van der Waals surface area (Å²) in [6.07, 6.45) is 0. The van der Waals surface area contributed by atoms with Gasteiger partial charge in [0.25, 0.3) is 5.69 Å². The maximum atomic E-state index is 12.0. The van der Waals surface area contributed by atoms with E-state index in [0.29, 0.717) is 0 Å². The minimum absolute atomic E-state index is 0.0741. The molecule has 0 heterocycles. The van der Waals surface area contributed by atoms with E-state index >= 15 is 0 Å². The highest BCUT2D eigenvalue weighted by Gasteiger charge is 2.26. The normalized spacial score (nSPS) is 12.1. The second kappa shape index (κ2) is 5.23. The summed E-state index contributed by atoms with van der Waals surface area (Å²) < 4.78 is 0. The third-order valence-electron chi connectivity index (χ3n) is 2.99. The van der Waals surface area contributed by atoms with Gasteiger partial charge in [-0.3, -0.25) is 14.9 Å². The number of carbonyl (C=O) groups is 1. The van der Waals surface area contributed by atoms with Crippen LogP contribution < -0.4 is 5.32 Å². The second-order valence-corrected chi connectivity index (χ2v) is 6.94. The first-order valence-electron chi connectivity index (χ1n) is 6.53. The van der Waals surface area contributed by atoms with Crippen molar-refractivity contribution in [2.24, 2.45) is 5.41 Å². The Balaban J connectivity index is 3.22. The fourth-order valence-electron chi connectivity index (χ4n) is 1.56. The number of rotatable bonds is 2. The smallest absolute Gasteiger partial charge is 0.293 e. The molecule has 5 heteroatoms. The number of anilines is 1. The van der Waals surface area contributed by atoms with Crippen LogP contribution in [0.2, 0.25) is 0 Å². The van der Waals surface area contributed by atoms with Crippen LogP contribution in [0.25, 0.3) is 0 Å². The van der Waals surface area contributed by atoms with Gasteiger partial charge >= 0.3 is 0 Å². The lowest BCUT2D eigenvalue weighted by atomic mass is 9.86. The zero-order chi connectivity index (χ0) is 15.7. The van der Waals surface area contributed by atoms with E-state index in [1.54, 1.807) is 26.8 Å². The van der Waals surface area contributed by atoms with E-state index in [0.717, 1.165) is 5.56 Å². The highest BCUT2D eigenvalue weighted by atomic mass is 16.6. The van der Waals surface area contributed by atoms with Crippen molar-refractivity contribution in [3.63, 3.8) is 0 Å². The first kappa shape index (κ1) is 16.1. The summed E-state index contributed by atoms with van der Waals surface area (Å²) in [6, 6.07) is 4.94. The lowest BCUT2D eigenvalue weighted by Crippen LogP contribution is -2.28. The quantitative estimate of drug-likeness (QED) is 0.659. The summed E-state index contributed by atoms with van der Waals surface area (Å²) in [5, 5.41) is 13.8. The SMILES string of the molecule is CC(C)(C)C(=O)Nc1ccc(C(C)(C)C)cc1[N+](=O)[O-]. The van der Waals surface area contributed by atoms with E-state index in [9.17, 15) is 14.9 Å². The minimum Gasteiger partial charge on any atom is -0.320 e. The summed E-state index contributed by atoms with van der Waals surface area (Å²) in [5.74, 6) is -0.246. The molecule has 0 aliphatic rings. The topological polar surface area (TPSA) is 72.2 Å². The first-order valence-corrected chi connectivity index (χ1v) is 6.53. The third-order valence-corrected chi connectivity index (χ3v) is 2.99. The zero-order valence-corrected chi connectivity index (χ0v) is 12.9. The van der Waals surface area contributed by atoms with E-state index in [-0.39, 0.29) is 22.7 Å². The molecule has 0 aliphatic carbocycles. The van der Waals surface area contributed by atoms with Crippen LogP contribution in [0.4, 0.5) is 11.4 Å². The zero-order valence-electron chi connectivity index (χ0n) is 12.9. The van der Waals surface area contributed by atoms with Crippen LogP contribution in [0, 0.1) is 15.5 Å². The number of benzene rings is 1. The maximum absolute atomic E-state index is 12.0. The van der Waals surface area contributed by atoms with Gasteiger partial charge in [0.05, 0.1) is 4.92 Å². The van der Waals surface area contributed by atoms with Crippen molar-refractivity contribution in [3.05, 3.63) is 33.9 Å². The van der Waals surface area contributed by atoms with E-state index in [2.05, 4.69) is 5.32 Å². The van der Waals surface area contributed by atoms with Gasteiger partial charge in [-0.1, -0.05) is 47.6 Å². The Morgan fingerprint density at radius 3 is 2.10 bits per heavy atom. The van der Waals surface area contributed by atoms with E-state index in [1.807, 2.05) is 26.8 Å². The number of nitro benzene ring substituents is 1. The van der Waals surface area contributed by atoms with Crippen molar-refractivity contribution in [1.82, 2.24) is 0 Å². The van der Waals surface area contributed by atoms with Crippen LogP contribution in [0.1, 0.15) is 47.1 Å². The summed E-state index contributed by atoms with van der Waals surface area (Å²) in [4.78, 5) is 22.7. The number of nitrogens with one attached hydrogen (secondary N) is 1. The number of amides is 1. The van der Waals surface area contributed by atoms with Gasteiger partial charge < -0.3 is 5.32 Å². The van der Waals surface area contributed by atoms with Gasteiger partial charge in [0.15, 0.2) is 0 Å². The molecule has 1 amide bonds. The molecule has 1 N–H and O–H groups in total. The lowest BCUT2D eigenvalue weighted by molar-refractivity contribution is -0.384. The maximum Gasteiger partial charge on any atom is 0.293 e. The molecule has 0 aromatic heterocycles. The molecule has 1 aromatic rings. The molecule has 0 saturated carbocycles. The number of hydrogen-bond acceptors (Lipinski definition) is 3. The standard InChI is InChI=1S/C15H22N2O3/c1-14(2,3)10-7-8-11(12(9-10)17(19)20)16-13(18)15(4,5)6/h7-9H,1-6H3,(H,16,18). The Morgan fingerprint density at radius 1 is 1.15 bits per heavy atom. The molecule has 0 aliphatic heterocycles. The predicted molar refractivity (Wildman–Crippen MR) is 79.9 cm³/mol. The second-order valence-electron chi connectivity index (χ2n) is 6.94. The van der Waals surface area contributed by atoms with Crippen molar-refractivity contribution < 1.29 is 9.72 Å². The number of hydrogen-bond donors (Lipinski definition) is 1. The highest BCUT2D eigenvalue weighted by Crippen LogP contribution is 2.32. The van der Waals surface area contributed by atoms with Gasteiger partial charge in [-0.25, -0.2) is 0 Å². The van der Waals surface area contributed by atoms with Gasteiger partial charge in [0.2, 0.25) is 5.91 Å². The number of nitro groups is 1. The summed E-state index contributed by atoms with van der Waals surface area (Å²) in [6.45, 7) is 11.2. The molecule has 5 nitrogen and oxygen atoms in total. The van der Waals surface area contributed by atoms with Crippen molar-refractivity contribution in [3.8, 4) is 0 Å². The Bertz CT molecular complexity index is 537. The summed E-state index contributed by atoms with van der Waals surface area (Å²) >= 11 is 0. The first-order chi connectivity index (χ1) is 8.93. The fourth-order valence-corrected chi connectivity index (χ4v) is 1.56. The fraction of sp³-hybridized carbons (Fsp3) is 0.533. The number of nitrogens with zero attached hydrogens (tertiary/aromatic N) is 1. The molecule has 0 saturated heterocycles. The van der Waals surface area contributed by atoms with Gasteiger partial charge in [0.1, 0.15) is 5.69 Å². The van der Waals surface area contributed by atoms with Crippen LogP contribution >= 0.6 is 0 Å². The van der Waals surface area contributed by atoms with Gasteiger partial charge in [-0.2, -0.15) is 0 Å². The average molecular weight is 278 g/mol. The molecule has 0 atom stereocenters. The Morgan fingerprint density at radius 2 is 1.70 bits per heavy atom. The van der Waals surface area contributed by atoms with E-state index in [1.165, 1.54) is 6.07 Å². The minimum atomic E-state index is -0.601. The van der Waals surface area contributed by atoms with Crippen LogP contribution in [-0.2, 0) is 10.2 Å². The molecule has 0 fully saturated rings. The van der Waals surface area contributed by atoms with Crippen molar-refractivity contribution >= 4 is 17.3 Å². The molecular weight excluding hydrogens is 256 g/mol. The van der Waals surface area contributed by atoms with Crippen LogP contribution in [0.3, 0.4) is 0 Å². The molecule has 0 spiro atoms. The lowest BCUT2D eigenvalue weighted by Gasteiger charge is -2.21. The van der Waals surface area contributed by atoms with E-state index < -0.39 is 10.3 Å². The molecule has 1 aromatic carbocycles. The Kier molecular flexibility index (Phi) is 4.22. The third kappa shape index (κ3) is 3.79. The van der Waals surface area contributed by atoms with Gasteiger partial charge in [-0.15, -0.1) is 0 Å². The van der Waals surface area contributed by atoms with E-state index in [4.69, 9.17) is 0 Å². The molecule has 0 unspecified atom stereocenters. The monoisotopic (exact) mass is 278 g/mol. The van der Waals surface area contributed by atoms with Crippen molar-refractivity contribution in [1.29, 1.82) is 0 Å². The van der Waals surface area contributed by atoms with Crippen LogP contribution in [-0.4, -0.2) is 10.8 Å². The Labute approximate surface area is 119 Å². The van der Waals surface area contributed by atoms with Gasteiger partial charge in [-0.05, 0) is 17.0 Å². The molecular formula is C15H22N2O3. The molecule has 0 bridgehead atoms. The van der Waals surface area contributed by atoms with Crippen LogP contribution in [0.5, 0.6) is 0 Å². The van der Waals surface area contributed by atoms with Crippen molar-refractivity contribution in [2.45, 2.75) is 47.0 Å². The molecule has 0 radical (unpaired) electrons. The molecule has 20 heavy (non-hydrogen) atoms. The molecule has 110 valence electrons. The summed E-state index contributed by atoms with van der Waals surface area (Å²) in [7, 11) is 0. The van der Waals surface area contributed by atoms with Crippen LogP contribution in [0.15, 0.2) is 18.2 Å². The largest absolute Gasteiger partial charge is 0.320 e. The van der Waals surface area contributed by atoms with Crippen molar-refractivity contribution in [2.75, 3.05) is 5.32 Å².